The average Bonchev–Trinajstić information content (AvgIpc) is 3.02. The number of hydrogen-bond donors (Lipinski definition) is 1. The fourth-order valence-electron chi connectivity index (χ4n) is 2.76. The molecule has 1 amide bonds. The molecule has 4 aromatic rings. The van der Waals surface area contributed by atoms with Gasteiger partial charge in [0.2, 0.25) is 5.91 Å². The summed E-state index contributed by atoms with van der Waals surface area (Å²) in [6, 6.07) is 15.9. The van der Waals surface area contributed by atoms with Crippen molar-refractivity contribution < 1.29 is 13.6 Å². The number of fused-ring (bicyclic) bond motifs is 2. The van der Waals surface area contributed by atoms with Crippen LogP contribution in [0.2, 0.25) is 0 Å². The van der Waals surface area contributed by atoms with Gasteiger partial charge in [0.25, 0.3) is 0 Å². The van der Waals surface area contributed by atoms with Crippen molar-refractivity contribution in [2.45, 2.75) is 6.92 Å². The molecule has 2 heterocycles. The number of benzene rings is 2. The van der Waals surface area contributed by atoms with E-state index in [0.717, 1.165) is 21.9 Å². The van der Waals surface area contributed by atoms with Gasteiger partial charge in [0.15, 0.2) is 0 Å². The lowest BCUT2D eigenvalue weighted by Crippen LogP contribution is -2.07. The molecule has 0 atom stereocenters. The summed E-state index contributed by atoms with van der Waals surface area (Å²) in [4.78, 5) is 23.3. The van der Waals surface area contributed by atoms with E-state index in [-0.39, 0.29) is 5.91 Å². The molecule has 2 aromatic heterocycles. The first-order chi connectivity index (χ1) is 12.6. The monoisotopic (exact) mass is 345 g/mol. The average molecular weight is 345 g/mol. The van der Waals surface area contributed by atoms with E-state index >= 15 is 0 Å². The summed E-state index contributed by atoms with van der Waals surface area (Å²) in [6.45, 7) is 2.02. The van der Waals surface area contributed by atoms with E-state index in [1.807, 2.05) is 31.2 Å². The Bertz CT molecular complexity index is 1210. The van der Waals surface area contributed by atoms with Gasteiger partial charge in [-0.15, -0.1) is 0 Å². The predicted molar refractivity (Wildman–Crippen MR) is 101 cm³/mol. The largest absolute Gasteiger partial charge is 0.457 e. The SMILES string of the molecule is Cc1ccc2oc(C=CC(=O)Nc3ccc4oc(=O)ccc4c3)cc2c1. The number of hydrogen-bond acceptors (Lipinski definition) is 4. The minimum atomic E-state index is -0.404. The number of rotatable bonds is 3. The quantitative estimate of drug-likeness (QED) is 0.438. The van der Waals surface area contributed by atoms with Crippen molar-refractivity contribution in [3.05, 3.63) is 82.4 Å². The van der Waals surface area contributed by atoms with Crippen molar-refractivity contribution in [3.8, 4) is 0 Å². The molecule has 0 aliphatic carbocycles. The molecule has 0 saturated heterocycles. The van der Waals surface area contributed by atoms with E-state index in [2.05, 4.69) is 5.32 Å². The van der Waals surface area contributed by atoms with E-state index in [0.29, 0.717) is 17.0 Å². The van der Waals surface area contributed by atoms with Gasteiger partial charge in [-0.2, -0.15) is 0 Å². The third-order valence-corrected chi connectivity index (χ3v) is 3.98. The highest BCUT2D eigenvalue weighted by molar-refractivity contribution is 6.02. The summed E-state index contributed by atoms with van der Waals surface area (Å²) in [5.74, 6) is 0.333. The van der Waals surface area contributed by atoms with E-state index < -0.39 is 5.63 Å². The fraction of sp³-hybridized carbons (Fsp3) is 0.0476. The number of furan rings is 1. The van der Waals surface area contributed by atoms with Crippen molar-refractivity contribution in [3.63, 3.8) is 0 Å². The molecule has 26 heavy (non-hydrogen) atoms. The lowest BCUT2D eigenvalue weighted by molar-refractivity contribution is -0.111. The highest BCUT2D eigenvalue weighted by atomic mass is 16.4. The zero-order chi connectivity index (χ0) is 18.1. The van der Waals surface area contributed by atoms with Crippen LogP contribution in [0.5, 0.6) is 0 Å². The van der Waals surface area contributed by atoms with Gasteiger partial charge in [0.1, 0.15) is 16.9 Å². The maximum atomic E-state index is 12.1. The molecule has 2 aromatic carbocycles. The number of nitrogens with one attached hydrogen (secondary N) is 1. The summed E-state index contributed by atoms with van der Waals surface area (Å²) in [6.07, 6.45) is 3.05. The van der Waals surface area contributed by atoms with Gasteiger partial charge in [-0.3, -0.25) is 4.79 Å². The number of aryl methyl sites for hydroxylation is 1. The van der Waals surface area contributed by atoms with Gasteiger partial charge in [0.05, 0.1) is 0 Å². The summed E-state index contributed by atoms with van der Waals surface area (Å²) in [5.41, 5.74) is 2.62. The van der Waals surface area contributed by atoms with Gasteiger partial charge in [-0.25, -0.2) is 4.79 Å². The third-order valence-electron chi connectivity index (χ3n) is 3.98. The molecule has 5 heteroatoms. The van der Waals surface area contributed by atoms with Crippen LogP contribution in [0.3, 0.4) is 0 Å². The summed E-state index contributed by atoms with van der Waals surface area (Å²) in [7, 11) is 0. The van der Waals surface area contributed by atoms with Gasteiger partial charge < -0.3 is 14.2 Å². The minimum absolute atomic E-state index is 0.279. The smallest absolute Gasteiger partial charge is 0.336 e. The van der Waals surface area contributed by atoms with E-state index in [1.54, 1.807) is 30.3 Å². The first-order valence-electron chi connectivity index (χ1n) is 8.10. The third kappa shape index (κ3) is 3.28. The topological polar surface area (TPSA) is 72.5 Å². The van der Waals surface area contributed by atoms with Crippen LogP contribution in [-0.4, -0.2) is 5.91 Å². The zero-order valence-electron chi connectivity index (χ0n) is 14.0. The number of amides is 1. The Balaban J connectivity index is 1.51. The van der Waals surface area contributed by atoms with Crippen molar-refractivity contribution in [1.82, 2.24) is 0 Å². The van der Waals surface area contributed by atoms with Gasteiger partial charge in [-0.05, 0) is 55.5 Å². The molecular formula is C21H15NO4. The van der Waals surface area contributed by atoms with Crippen LogP contribution >= 0.6 is 0 Å². The van der Waals surface area contributed by atoms with Crippen molar-refractivity contribution >= 4 is 39.6 Å². The Labute approximate surface area is 148 Å². The van der Waals surface area contributed by atoms with Crippen LogP contribution in [0.1, 0.15) is 11.3 Å². The molecule has 0 bridgehead atoms. The number of carbonyl (C=O) groups is 1. The zero-order valence-corrected chi connectivity index (χ0v) is 14.0. The molecule has 0 aliphatic heterocycles. The fourth-order valence-corrected chi connectivity index (χ4v) is 2.76. The molecule has 1 N–H and O–H groups in total. The molecule has 0 saturated carbocycles. The number of anilines is 1. The molecule has 0 unspecified atom stereocenters. The second-order valence-corrected chi connectivity index (χ2v) is 6.02. The molecule has 0 fully saturated rings. The Hall–Kier alpha value is -3.60. The summed E-state index contributed by atoms with van der Waals surface area (Å²) < 4.78 is 10.8. The summed E-state index contributed by atoms with van der Waals surface area (Å²) in [5, 5.41) is 4.51. The van der Waals surface area contributed by atoms with Gasteiger partial charge in [-0.1, -0.05) is 11.6 Å². The lowest BCUT2D eigenvalue weighted by atomic mass is 10.2. The van der Waals surface area contributed by atoms with Crippen LogP contribution in [0, 0.1) is 6.92 Å². The van der Waals surface area contributed by atoms with Crippen LogP contribution in [0.15, 0.2) is 74.3 Å². The lowest BCUT2D eigenvalue weighted by Gasteiger charge is -2.03. The normalized spacial score (nSPS) is 11.4. The molecule has 0 spiro atoms. The second-order valence-electron chi connectivity index (χ2n) is 6.02. The van der Waals surface area contributed by atoms with Crippen molar-refractivity contribution in [2.24, 2.45) is 0 Å². The van der Waals surface area contributed by atoms with Gasteiger partial charge >= 0.3 is 5.63 Å². The molecule has 128 valence electrons. The van der Waals surface area contributed by atoms with Crippen LogP contribution in [0.25, 0.3) is 28.0 Å². The maximum absolute atomic E-state index is 12.1. The van der Waals surface area contributed by atoms with E-state index in [1.165, 1.54) is 12.1 Å². The van der Waals surface area contributed by atoms with E-state index in [9.17, 15) is 9.59 Å². The molecule has 4 rings (SSSR count). The minimum Gasteiger partial charge on any atom is -0.457 e. The van der Waals surface area contributed by atoms with E-state index in [4.69, 9.17) is 8.83 Å². The maximum Gasteiger partial charge on any atom is 0.336 e. The molecule has 5 nitrogen and oxygen atoms in total. The Morgan fingerprint density at radius 3 is 2.62 bits per heavy atom. The Kier molecular flexibility index (Phi) is 3.89. The van der Waals surface area contributed by atoms with Crippen LogP contribution in [0.4, 0.5) is 5.69 Å². The van der Waals surface area contributed by atoms with Crippen molar-refractivity contribution in [1.29, 1.82) is 0 Å². The predicted octanol–water partition coefficient (Wildman–Crippen LogP) is 4.50. The van der Waals surface area contributed by atoms with Gasteiger partial charge in [0, 0.05) is 28.6 Å². The highest BCUT2D eigenvalue weighted by Gasteiger charge is 2.04. The Morgan fingerprint density at radius 2 is 1.73 bits per heavy atom. The standard InChI is InChI=1S/C21H15NO4/c1-13-2-6-19-15(10-13)12-17(25-19)5-8-20(23)22-16-4-7-18-14(11-16)3-9-21(24)26-18/h2-12H,1H3,(H,22,23). The second kappa shape index (κ2) is 6.37. The summed E-state index contributed by atoms with van der Waals surface area (Å²) >= 11 is 0. The molecule has 0 radical (unpaired) electrons. The van der Waals surface area contributed by atoms with Crippen LogP contribution in [-0.2, 0) is 4.79 Å². The van der Waals surface area contributed by atoms with Crippen molar-refractivity contribution in [2.75, 3.05) is 5.32 Å². The van der Waals surface area contributed by atoms with Crippen LogP contribution < -0.4 is 10.9 Å². The molecular weight excluding hydrogens is 330 g/mol. The number of carbonyl (C=O) groups excluding carboxylic acids is 1. The first kappa shape index (κ1) is 15.9. The first-order valence-corrected chi connectivity index (χ1v) is 8.10. The Morgan fingerprint density at radius 1 is 0.923 bits per heavy atom. The highest BCUT2D eigenvalue weighted by Crippen LogP contribution is 2.22. The molecule has 0 aliphatic rings.